The molecule has 2 saturated heterocycles. The van der Waals surface area contributed by atoms with E-state index in [-0.39, 0.29) is 17.6 Å². The van der Waals surface area contributed by atoms with E-state index in [9.17, 15) is 9.59 Å². The summed E-state index contributed by atoms with van der Waals surface area (Å²) < 4.78 is 0. The van der Waals surface area contributed by atoms with Crippen LogP contribution < -0.4 is 5.32 Å². The van der Waals surface area contributed by atoms with Gasteiger partial charge < -0.3 is 10.2 Å². The molecular weight excluding hydrogens is 288 g/mol. The molecule has 0 spiro atoms. The van der Waals surface area contributed by atoms with Gasteiger partial charge in [-0.25, -0.2) is 0 Å². The van der Waals surface area contributed by atoms with Crippen molar-refractivity contribution in [1.29, 1.82) is 0 Å². The van der Waals surface area contributed by atoms with E-state index in [2.05, 4.69) is 18.5 Å². The minimum Gasteiger partial charge on any atom is -0.339 e. The molecule has 4 heteroatoms. The monoisotopic (exact) mass is 318 g/mol. The second-order valence-corrected chi connectivity index (χ2v) is 6.85. The van der Waals surface area contributed by atoms with E-state index in [0.29, 0.717) is 11.8 Å². The van der Waals surface area contributed by atoms with Crippen molar-refractivity contribution in [1.82, 2.24) is 10.2 Å². The van der Waals surface area contributed by atoms with Crippen LogP contribution in [0.5, 0.6) is 0 Å². The van der Waals surface area contributed by atoms with Crippen molar-refractivity contribution >= 4 is 11.7 Å². The van der Waals surface area contributed by atoms with Crippen LogP contribution in [-0.4, -0.2) is 42.8 Å². The van der Waals surface area contributed by atoms with Crippen molar-refractivity contribution in [2.45, 2.75) is 38.5 Å². The number of hydrogen-bond acceptors (Lipinski definition) is 3. The number of amides is 1. The Hall–Kier alpha value is -1.42. The Morgan fingerprint density at radius 2 is 1.74 bits per heavy atom. The first-order valence-corrected chi connectivity index (χ1v) is 8.94. The van der Waals surface area contributed by atoms with Crippen molar-refractivity contribution in [2.75, 3.05) is 26.2 Å². The number of likely N-dealkylation sites (tertiary alicyclic amines) is 1. The van der Waals surface area contributed by atoms with E-state index in [4.69, 9.17) is 0 Å². The molecule has 0 aromatic rings. The summed E-state index contributed by atoms with van der Waals surface area (Å²) in [5.41, 5.74) is 0. The third-order valence-corrected chi connectivity index (χ3v) is 5.51. The second kappa shape index (κ2) is 9.02. The minimum absolute atomic E-state index is 0.0397. The van der Waals surface area contributed by atoms with Gasteiger partial charge in [0.2, 0.25) is 5.91 Å². The van der Waals surface area contributed by atoms with Crippen LogP contribution in [0.4, 0.5) is 0 Å². The first-order chi connectivity index (χ1) is 11.2. The van der Waals surface area contributed by atoms with Gasteiger partial charge in [-0.2, -0.15) is 0 Å². The van der Waals surface area contributed by atoms with Crippen molar-refractivity contribution in [3.63, 3.8) is 0 Å². The molecule has 1 unspecified atom stereocenters. The highest BCUT2D eigenvalue weighted by atomic mass is 16.2. The van der Waals surface area contributed by atoms with Crippen molar-refractivity contribution in [3.05, 3.63) is 25.3 Å². The van der Waals surface area contributed by atoms with Gasteiger partial charge in [0.1, 0.15) is 0 Å². The predicted molar refractivity (Wildman–Crippen MR) is 93.0 cm³/mol. The number of nitrogens with zero attached hydrogens (tertiary/aromatic N) is 1. The summed E-state index contributed by atoms with van der Waals surface area (Å²) in [4.78, 5) is 25.8. The summed E-state index contributed by atoms with van der Waals surface area (Å²) in [5.74, 6) is 1.53. The molecular formula is C19H30N2O2. The van der Waals surface area contributed by atoms with E-state index in [1.165, 1.54) is 12.2 Å². The van der Waals surface area contributed by atoms with Crippen LogP contribution in [0.3, 0.4) is 0 Å². The SMILES string of the molecule is C=CC(=O)C(CCC1CCN(C(=O)C=C)CC1)C1CCNCC1. The summed E-state index contributed by atoms with van der Waals surface area (Å²) in [6, 6.07) is 0. The Morgan fingerprint density at radius 3 is 2.30 bits per heavy atom. The Labute approximate surface area is 140 Å². The van der Waals surface area contributed by atoms with E-state index in [1.54, 1.807) is 0 Å². The van der Waals surface area contributed by atoms with E-state index in [1.807, 2.05) is 4.90 Å². The summed E-state index contributed by atoms with van der Waals surface area (Å²) in [7, 11) is 0. The number of nitrogens with one attached hydrogen (secondary N) is 1. The van der Waals surface area contributed by atoms with Gasteiger partial charge in [0.15, 0.2) is 5.78 Å². The van der Waals surface area contributed by atoms with Crippen LogP contribution in [-0.2, 0) is 9.59 Å². The summed E-state index contributed by atoms with van der Waals surface area (Å²) >= 11 is 0. The average molecular weight is 318 g/mol. The van der Waals surface area contributed by atoms with Gasteiger partial charge in [0.25, 0.3) is 0 Å². The molecule has 0 radical (unpaired) electrons. The Balaban J connectivity index is 1.82. The number of ketones is 1. The zero-order valence-electron chi connectivity index (χ0n) is 14.1. The largest absolute Gasteiger partial charge is 0.339 e. The van der Waals surface area contributed by atoms with Gasteiger partial charge in [-0.05, 0) is 75.6 Å². The lowest BCUT2D eigenvalue weighted by Crippen LogP contribution is -2.38. The third-order valence-electron chi connectivity index (χ3n) is 5.51. The highest BCUT2D eigenvalue weighted by molar-refractivity contribution is 5.91. The van der Waals surface area contributed by atoms with Gasteiger partial charge in [-0.1, -0.05) is 13.2 Å². The van der Waals surface area contributed by atoms with Gasteiger partial charge in [-0.3, -0.25) is 9.59 Å². The second-order valence-electron chi connectivity index (χ2n) is 6.85. The Bertz CT molecular complexity index is 433. The predicted octanol–water partition coefficient (Wildman–Crippen LogP) is 2.56. The van der Waals surface area contributed by atoms with Gasteiger partial charge in [0, 0.05) is 19.0 Å². The maximum atomic E-state index is 12.3. The van der Waals surface area contributed by atoms with Crippen LogP contribution in [0, 0.1) is 17.8 Å². The molecule has 128 valence electrons. The summed E-state index contributed by atoms with van der Waals surface area (Å²) in [5, 5.41) is 3.37. The first kappa shape index (κ1) is 17.9. The molecule has 1 N–H and O–H groups in total. The fourth-order valence-electron chi connectivity index (χ4n) is 3.99. The molecule has 2 fully saturated rings. The number of carbonyl (C=O) groups excluding carboxylic acids is 2. The normalized spacial score (nSPS) is 21.7. The van der Waals surface area contributed by atoms with Crippen molar-refractivity contribution < 1.29 is 9.59 Å². The zero-order valence-corrected chi connectivity index (χ0v) is 14.1. The molecule has 0 aliphatic carbocycles. The minimum atomic E-state index is 0.0397. The van der Waals surface area contributed by atoms with Gasteiger partial charge in [-0.15, -0.1) is 0 Å². The van der Waals surface area contributed by atoms with Crippen LogP contribution in [0.2, 0.25) is 0 Å². The highest BCUT2D eigenvalue weighted by Crippen LogP contribution is 2.31. The molecule has 2 rings (SSSR count). The van der Waals surface area contributed by atoms with Crippen LogP contribution >= 0.6 is 0 Å². The molecule has 4 nitrogen and oxygen atoms in total. The molecule has 0 aromatic heterocycles. The van der Waals surface area contributed by atoms with Crippen LogP contribution in [0.1, 0.15) is 38.5 Å². The van der Waals surface area contributed by atoms with E-state index < -0.39 is 0 Å². The lowest BCUT2D eigenvalue weighted by molar-refractivity contribution is -0.127. The number of rotatable bonds is 7. The lowest BCUT2D eigenvalue weighted by atomic mass is 9.77. The number of allylic oxidation sites excluding steroid dienone is 1. The summed E-state index contributed by atoms with van der Waals surface area (Å²) in [6.07, 6.45) is 9.24. The molecule has 0 saturated carbocycles. The molecule has 0 bridgehead atoms. The number of piperidine rings is 2. The molecule has 2 heterocycles. The third kappa shape index (κ3) is 5.03. The molecule has 2 aliphatic heterocycles. The van der Waals surface area contributed by atoms with Crippen molar-refractivity contribution in [2.24, 2.45) is 17.8 Å². The zero-order chi connectivity index (χ0) is 16.7. The Morgan fingerprint density at radius 1 is 1.09 bits per heavy atom. The van der Waals surface area contributed by atoms with E-state index in [0.717, 1.165) is 64.7 Å². The molecule has 2 aliphatic rings. The first-order valence-electron chi connectivity index (χ1n) is 8.94. The quantitative estimate of drug-likeness (QED) is 0.734. The molecule has 23 heavy (non-hydrogen) atoms. The molecule has 1 atom stereocenters. The topological polar surface area (TPSA) is 49.4 Å². The van der Waals surface area contributed by atoms with E-state index >= 15 is 0 Å². The van der Waals surface area contributed by atoms with Crippen LogP contribution in [0.15, 0.2) is 25.3 Å². The average Bonchev–Trinajstić information content (AvgIpc) is 2.62. The maximum absolute atomic E-state index is 12.3. The Kier molecular flexibility index (Phi) is 7.03. The van der Waals surface area contributed by atoms with Gasteiger partial charge in [0.05, 0.1) is 0 Å². The molecule has 1 amide bonds. The van der Waals surface area contributed by atoms with Gasteiger partial charge >= 0.3 is 0 Å². The lowest BCUT2D eigenvalue weighted by Gasteiger charge is -2.33. The smallest absolute Gasteiger partial charge is 0.245 e. The number of carbonyl (C=O) groups is 2. The molecule has 0 aromatic carbocycles. The number of hydrogen-bond donors (Lipinski definition) is 1. The fourth-order valence-corrected chi connectivity index (χ4v) is 3.99. The van der Waals surface area contributed by atoms with Crippen molar-refractivity contribution in [3.8, 4) is 0 Å². The highest BCUT2D eigenvalue weighted by Gasteiger charge is 2.29. The fraction of sp³-hybridized carbons (Fsp3) is 0.684. The maximum Gasteiger partial charge on any atom is 0.245 e. The summed E-state index contributed by atoms with van der Waals surface area (Å²) in [6.45, 7) is 10.9. The standard InChI is InChI=1S/C19H30N2O2/c1-3-18(22)17(16-7-11-20-12-8-16)6-5-15-9-13-21(14-10-15)19(23)4-2/h3-4,15-17,20H,1-2,5-14H2. The van der Waals surface area contributed by atoms with Crippen LogP contribution in [0.25, 0.3) is 0 Å².